The van der Waals surface area contributed by atoms with E-state index in [0.29, 0.717) is 5.70 Å². The number of rotatable bonds is 12. The van der Waals surface area contributed by atoms with Gasteiger partial charge in [-0.3, -0.25) is 23.9 Å². The maximum atomic E-state index is 14.5. The Kier molecular flexibility index (Phi) is 11.2. The molecule has 0 bridgehead atoms. The van der Waals surface area contributed by atoms with Crippen LogP contribution in [0.3, 0.4) is 0 Å². The summed E-state index contributed by atoms with van der Waals surface area (Å²) in [6.45, 7) is 10.8. The Morgan fingerprint density at radius 2 is 1.75 bits per heavy atom. The molecule has 4 heterocycles. The van der Waals surface area contributed by atoms with Gasteiger partial charge in [0, 0.05) is 0 Å². The molecule has 0 amide bonds. The van der Waals surface area contributed by atoms with Gasteiger partial charge < -0.3 is 33.9 Å². The zero-order valence-corrected chi connectivity index (χ0v) is 31.0. The summed E-state index contributed by atoms with van der Waals surface area (Å²) in [5, 5.41) is 19.4. The molecule has 4 aliphatic rings. The van der Waals surface area contributed by atoms with Crippen LogP contribution < -0.4 is 15.3 Å². The van der Waals surface area contributed by atoms with Gasteiger partial charge in [-0.1, -0.05) is 24.3 Å². The predicted molar refractivity (Wildman–Crippen MR) is 184 cm³/mol. The van der Waals surface area contributed by atoms with Crippen molar-refractivity contribution in [3.8, 4) is 11.8 Å². The average Bonchev–Trinajstić information content (AvgIpc) is 3.61. The number of nitrogens with zero attached hydrogens (tertiary/aromatic N) is 4. The van der Waals surface area contributed by atoms with Crippen LogP contribution >= 0.6 is 7.75 Å². The fraction of sp³-hybridized carbons (Fsp3) is 0.588. The molecule has 0 spiro atoms. The molecule has 1 aromatic rings. The normalized spacial score (nSPS) is 27.5. The van der Waals surface area contributed by atoms with E-state index in [1.54, 1.807) is 65.8 Å². The van der Waals surface area contributed by atoms with E-state index in [-0.39, 0.29) is 31.2 Å². The van der Waals surface area contributed by atoms with Gasteiger partial charge in [0.15, 0.2) is 18.0 Å². The van der Waals surface area contributed by atoms with E-state index in [9.17, 15) is 24.2 Å². The van der Waals surface area contributed by atoms with Gasteiger partial charge in [0.2, 0.25) is 5.60 Å². The molecule has 0 saturated carbocycles. The lowest BCUT2D eigenvalue weighted by molar-refractivity contribution is -0.179. The zero-order chi connectivity index (χ0) is 38.1. The number of hydrazone groups is 1. The molecular weight excluding hydrogens is 699 g/mol. The number of benzene rings is 1. The van der Waals surface area contributed by atoms with Crippen LogP contribution in [0.25, 0.3) is 0 Å². The number of amidine groups is 1. The Bertz CT molecular complexity index is 1710. The van der Waals surface area contributed by atoms with Crippen molar-refractivity contribution in [2.45, 2.75) is 97.0 Å². The van der Waals surface area contributed by atoms with E-state index in [0.717, 1.165) is 0 Å². The summed E-state index contributed by atoms with van der Waals surface area (Å²) < 4.78 is 55.3. The van der Waals surface area contributed by atoms with Crippen molar-refractivity contribution >= 4 is 37.8 Å². The number of aliphatic imine (C=N–C) groups is 1. The number of hydrogen-bond donors (Lipinski definition) is 2. The molecule has 0 aromatic heterocycles. The SMILES string of the molecule is C[C@H](NP(=O)(OC[C@@]1(C#N)O[C@@H](C2CC=C3C(N)=NC=NN32)[C@H](OC(=O)C(C)(C)C)[C@@H]1OC(=O)C(C)(C)C)Oc1ccccc1)C(=O)OC1COC1. The molecule has 4 aliphatic heterocycles. The van der Waals surface area contributed by atoms with Crippen molar-refractivity contribution in [3.05, 3.63) is 42.1 Å². The van der Waals surface area contributed by atoms with Crippen LogP contribution in [-0.4, -0.2) is 97.0 Å². The minimum atomic E-state index is -4.58. The summed E-state index contributed by atoms with van der Waals surface area (Å²) in [7, 11) is -4.58. The van der Waals surface area contributed by atoms with Crippen LogP contribution in [0, 0.1) is 22.2 Å². The number of nitriles is 1. The molecule has 0 aliphatic carbocycles. The molecule has 282 valence electrons. The Morgan fingerprint density at radius 1 is 1.10 bits per heavy atom. The number of fused-ring (bicyclic) bond motifs is 1. The number of esters is 3. The van der Waals surface area contributed by atoms with Crippen molar-refractivity contribution in [1.29, 1.82) is 5.26 Å². The quantitative estimate of drug-likeness (QED) is 0.178. The number of hydrogen-bond acceptors (Lipinski definition) is 16. The van der Waals surface area contributed by atoms with Crippen molar-refractivity contribution < 1.29 is 51.7 Å². The van der Waals surface area contributed by atoms with Gasteiger partial charge in [-0.15, -0.1) is 0 Å². The van der Waals surface area contributed by atoms with Crippen LogP contribution in [0.5, 0.6) is 5.75 Å². The second kappa shape index (κ2) is 15.0. The first-order valence-electron chi connectivity index (χ1n) is 16.8. The van der Waals surface area contributed by atoms with E-state index >= 15 is 0 Å². The van der Waals surface area contributed by atoms with Crippen molar-refractivity contribution in [2.24, 2.45) is 26.7 Å². The molecule has 5 rings (SSSR count). The lowest BCUT2D eigenvalue weighted by Crippen LogP contribution is -2.52. The highest BCUT2D eigenvalue weighted by Crippen LogP contribution is 2.49. The first-order valence-corrected chi connectivity index (χ1v) is 18.3. The smallest absolute Gasteiger partial charge is 0.456 e. The lowest BCUT2D eigenvalue weighted by Gasteiger charge is -2.34. The van der Waals surface area contributed by atoms with Crippen LogP contribution in [0.4, 0.5) is 0 Å². The predicted octanol–water partition coefficient (Wildman–Crippen LogP) is 2.96. The first-order chi connectivity index (χ1) is 24.4. The van der Waals surface area contributed by atoms with Crippen LogP contribution in [0.15, 0.2) is 52.2 Å². The fourth-order valence-corrected chi connectivity index (χ4v) is 6.94. The minimum Gasteiger partial charge on any atom is -0.456 e. The molecule has 2 saturated heterocycles. The third-order valence-corrected chi connectivity index (χ3v) is 10.1. The van der Waals surface area contributed by atoms with E-state index in [4.69, 9.17) is 38.5 Å². The lowest BCUT2D eigenvalue weighted by atomic mass is 9.91. The van der Waals surface area contributed by atoms with Gasteiger partial charge in [0.05, 0.1) is 35.8 Å². The molecule has 3 N–H and O–H groups in total. The fourth-order valence-electron chi connectivity index (χ4n) is 5.42. The Balaban J connectivity index is 1.52. The molecule has 2 unspecified atom stereocenters. The summed E-state index contributed by atoms with van der Waals surface area (Å²) >= 11 is 0. The summed E-state index contributed by atoms with van der Waals surface area (Å²) in [6, 6.07) is 8.15. The van der Waals surface area contributed by atoms with Gasteiger partial charge >= 0.3 is 25.7 Å². The number of ether oxygens (including phenoxy) is 5. The van der Waals surface area contributed by atoms with Crippen molar-refractivity contribution in [3.63, 3.8) is 0 Å². The highest BCUT2D eigenvalue weighted by atomic mass is 31.2. The van der Waals surface area contributed by atoms with E-state index < -0.39 is 85.2 Å². The highest BCUT2D eigenvalue weighted by Gasteiger charge is 2.64. The standard InChI is InChI=1S/C34H45N6O11P/c1-20(29(41)47-22-15-45-16-22)39-52(44,51-21-11-9-8-10-12-21)46-18-34(17-35)27(49-31(43)33(5,6)7)26(48-30(42)32(2,3)4)25(50-34)23-13-14-24-28(36)37-19-38-40(23)24/h8-12,14,19-20,22-23,25-27H,13,15-16,18H2,1-7H3,(H,39,44)(H2,36,37,38)/t20-,23?,25-,26-,27-,34+,52?/m0/s1. The minimum absolute atomic E-state index is 0.113. The maximum Gasteiger partial charge on any atom is 0.459 e. The third-order valence-electron chi connectivity index (χ3n) is 8.46. The molecule has 52 heavy (non-hydrogen) atoms. The topological polar surface area (TPSA) is 223 Å². The number of carbonyl (C=O) groups is 3. The van der Waals surface area contributed by atoms with Gasteiger partial charge in [-0.05, 0) is 67.0 Å². The van der Waals surface area contributed by atoms with Crippen LogP contribution in [0.2, 0.25) is 0 Å². The number of nitrogens with one attached hydrogen (secondary N) is 1. The second-order valence-electron chi connectivity index (χ2n) is 14.9. The van der Waals surface area contributed by atoms with Gasteiger partial charge in [-0.2, -0.15) is 15.5 Å². The largest absolute Gasteiger partial charge is 0.459 e. The first kappa shape index (κ1) is 38.9. The number of carbonyl (C=O) groups excluding carboxylic acids is 3. The van der Waals surface area contributed by atoms with Gasteiger partial charge in [0.25, 0.3) is 0 Å². The highest BCUT2D eigenvalue weighted by molar-refractivity contribution is 7.52. The molecule has 2 fully saturated rings. The zero-order valence-electron chi connectivity index (χ0n) is 30.1. The van der Waals surface area contributed by atoms with Crippen molar-refractivity contribution in [1.82, 2.24) is 10.1 Å². The summed E-state index contributed by atoms with van der Waals surface area (Å²) in [5.74, 6) is -1.86. The van der Waals surface area contributed by atoms with Crippen LogP contribution in [0.1, 0.15) is 54.9 Å². The number of nitrogens with two attached hydrogens (primary N) is 1. The van der Waals surface area contributed by atoms with E-state index in [2.05, 4.69) is 21.3 Å². The molecule has 18 heteroatoms. The molecular formula is C34H45N6O11P. The van der Waals surface area contributed by atoms with Gasteiger partial charge in [-0.25, -0.2) is 9.56 Å². The van der Waals surface area contributed by atoms with Gasteiger partial charge in [0.1, 0.15) is 43.0 Å². The molecule has 7 atom stereocenters. The Morgan fingerprint density at radius 3 is 2.35 bits per heavy atom. The number of para-hydroxylation sites is 1. The van der Waals surface area contributed by atoms with Crippen molar-refractivity contribution in [2.75, 3.05) is 19.8 Å². The molecule has 1 aromatic carbocycles. The molecule has 17 nitrogen and oxygen atoms in total. The Hall–Kier alpha value is -4.33. The monoisotopic (exact) mass is 744 g/mol. The second-order valence-corrected chi connectivity index (χ2v) is 16.6. The average molecular weight is 745 g/mol. The van der Waals surface area contributed by atoms with E-state index in [1.807, 2.05) is 0 Å². The van der Waals surface area contributed by atoms with E-state index in [1.165, 1.54) is 30.4 Å². The third kappa shape index (κ3) is 8.48. The Labute approximate surface area is 302 Å². The maximum absolute atomic E-state index is 14.5. The molecule has 0 radical (unpaired) electrons. The summed E-state index contributed by atoms with van der Waals surface area (Å²) in [5.41, 5.74) is 2.26. The van der Waals surface area contributed by atoms with Crippen LogP contribution in [-0.2, 0) is 47.2 Å². The summed E-state index contributed by atoms with van der Waals surface area (Å²) in [6.07, 6.45) is -1.35. The summed E-state index contributed by atoms with van der Waals surface area (Å²) in [4.78, 5) is 44.0.